The Hall–Kier alpha value is -1.91. The van der Waals surface area contributed by atoms with Gasteiger partial charge in [-0.3, -0.25) is 0 Å². The van der Waals surface area contributed by atoms with Crippen molar-refractivity contribution >= 4 is 11.5 Å². The topological polar surface area (TPSA) is 79.9 Å². The van der Waals surface area contributed by atoms with Crippen LogP contribution in [0.25, 0.3) is 0 Å². The molecule has 0 amide bonds. The first-order valence-corrected chi connectivity index (χ1v) is 5.98. The Morgan fingerprint density at radius 3 is 2.78 bits per heavy atom. The molecule has 5 heteroatoms. The third-order valence-corrected chi connectivity index (χ3v) is 2.87. The molecule has 4 N–H and O–H groups in total. The molecule has 1 atom stereocenters. The van der Waals surface area contributed by atoms with Gasteiger partial charge in [-0.1, -0.05) is 12.1 Å². The quantitative estimate of drug-likeness (QED) is 0.314. The molecular weight excluding hydrogens is 230 g/mol. The minimum atomic E-state index is 0.146. The van der Waals surface area contributed by atoms with Gasteiger partial charge in [-0.15, -0.1) is 0 Å². The third kappa shape index (κ3) is 3.84. The average Bonchev–Trinajstić information content (AvgIpc) is 2.39. The van der Waals surface area contributed by atoms with E-state index in [1.807, 2.05) is 25.1 Å². The highest BCUT2D eigenvalue weighted by molar-refractivity contribution is 5.80. The summed E-state index contributed by atoms with van der Waals surface area (Å²) in [5.74, 6) is 1.07. The van der Waals surface area contributed by atoms with Crippen LogP contribution in [-0.4, -0.2) is 24.2 Å². The van der Waals surface area contributed by atoms with Gasteiger partial charge in [0.25, 0.3) is 0 Å². The number of nitrogens with two attached hydrogens (primary N) is 1. The monoisotopic (exact) mass is 251 g/mol. The van der Waals surface area contributed by atoms with Crippen molar-refractivity contribution in [3.05, 3.63) is 23.8 Å². The maximum Gasteiger partial charge on any atom is 0.141 e. The van der Waals surface area contributed by atoms with Gasteiger partial charge in [-0.05, 0) is 37.1 Å². The zero-order valence-corrected chi connectivity index (χ0v) is 11.1. The summed E-state index contributed by atoms with van der Waals surface area (Å²) < 4.78 is 5.16. The van der Waals surface area contributed by atoms with Gasteiger partial charge >= 0.3 is 0 Å². The van der Waals surface area contributed by atoms with Gasteiger partial charge < -0.3 is 21.0 Å². The Balaban J connectivity index is 2.75. The molecule has 0 bridgehead atoms. The molecule has 0 aliphatic carbocycles. The highest BCUT2D eigenvalue weighted by atomic mass is 16.5. The lowest BCUT2D eigenvalue weighted by Crippen LogP contribution is -2.26. The van der Waals surface area contributed by atoms with Crippen LogP contribution in [0.1, 0.15) is 25.3 Å². The van der Waals surface area contributed by atoms with Crippen molar-refractivity contribution in [2.45, 2.75) is 32.7 Å². The number of methoxy groups -OCH3 is 1. The molecule has 0 radical (unpaired) electrons. The standard InChI is InChI=1S/C13H21N3O2/c1-4-10(8-13(14)16-17)15-12-6-5-11(18-3)7-9(12)2/h5-7,10,15,17H,4,8H2,1-3H3,(H2,14,16). The van der Waals surface area contributed by atoms with Crippen LogP contribution in [0, 0.1) is 6.92 Å². The minimum absolute atomic E-state index is 0.146. The van der Waals surface area contributed by atoms with E-state index < -0.39 is 0 Å². The van der Waals surface area contributed by atoms with Gasteiger partial charge in [-0.25, -0.2) is 0 Å². The number of anilines is 1. The number of aryl methyl sites for hydroxylation is 1. The Morgan fingerprint density at radius 1 is 1.56 bits per heavy atom. The fourth-order valence-electron chi connectivity index (χ4n) is 1.74. The summed E-state index contributed by atoms with van der Waals surface area (Å²) in [6.45, 7) is 4.07. The molecule has 5 nitrogen and oxygen atoms in total. The van der Waals surface area contributed by atoms with E-state index in [4.69, 9.17) is 15.7 Å². The number of oxime groups is 1. The number of benzene rings is 1. The second-order valence-electron chi connectivity index (χ2n) is 4.23. The summed E-state index contributed by atoms with van der Waals surface area (Å²) in [4.78, 5) is 0. The maximum atomic E-state index is 8.59. The predicted octanol–water partition coefficient (Wildman–Crippen LogP) is 2.33. The number of nitrogens with one attached hydrogen (secondary N) is 1. The van der Waals surface area contributed by atoms with E-state index in [1.54, 1.807) is 7.11 Å². The van der Waals surface area contributed by atoms with Gasteiger partial charge in [0.1, 0.15) is 11.6 Å². The molecular formula is C13H21N3O2. The lowest BCUT2D eigenvalue weighted by Gasteiger charge is -2.19. The molecule has 0 spiro atoms. The van der Waals surface area contributed by atoms with E-state index >= 15 is 0 Å². The summed E-state index contributed by atoms with van der Waals surface area (Å²) in [6.07, 6.45) is 1.40. The van der Waals surface area contributed by atoms with E-state index in [0.29, 0.717) is 6.42 Å². The normalized spacial score (nSPS) is 13.2. The van der Waals surface area contributed by atoms with Gasteiger partial charge in [-0.2, -0.15) is 0 Å². The summed E-state index contributed by atoms with van der Waals surface area (Å²) in [6, 6.07) is 6.00. The molecule has 0 saturated carbocycles. The molecule has 1 unspecified atom stereocenters. The first kappa shape index (κ1) is 14.2. The number of hydrogen-bond acceptors (Lipinski definition) is 4. The predicted molar refractivity (Wildman–Crippen MR) is 73.5 cm³/mol. The molecule has 0 aliphatic rings. The number of hydrogen-bond donors (Lipinski definition) is 3. The average molecular weight is 251 g/mol. The van der Waals surface area contributed by atoms with Crippen LogP contribution >= 0.6 is 0 Å². The second kappa shape index (κ2) is 6.74. The number of ether oxygens (including phenoxy) is 1. The SMILES string of the molecule is CCC(CC(N)=NO)Nc1ccc(OC)cc1C. The molecule has 0 aliphatic heterocycles. The van der Waals surface area contributed by atoms with E-state index in [0.717, 1.165) is 23.4 Å². The van der Waals surface area contributed by atoms with Crippen LogP contribution in [-0.2, 0) is 0 Å². The Morgan fingerprint density at radius 2 is 2.28 bits per heavy atom. The zero-order chi connectivity index (χ0) is 13.5. The first-order chi connectivity index (χ1) is 8.60. The highest BCUT2D eigenvalue weighted by Gasteiger charge is 2.10. The van der Waals surface area contributed by atoms with Crippen molar-refractivity contribution in [2.75, 3.05) is 12.4 Å². The largest absolute Gasteiger partial charge is 0.497 e. The van der Waals surface area contributed by atoms with E-state index in [9.17, 15) is 0 Å². The number of amidine groups is 1. The van der Waals surface area contributed by atoms with Crippen molar-refractivity contribution in [1.82, 2.24) is 0 Å². The molecule has 1 aromatic rings. The van der Waals surface area contributed by atoms with Crippen LogP contribution in [0.3, 0.4) is 0 Å². The minimum Gasteiger partial charge on any atom is -0.497 e. The molecule has 1 rings (SSSR count). The lowest BCUT2D eigenvalue weighted by molar-refractivity contribution is 0.316. The molecule has 100 valence electrons. The lowest BCUT2D eigenvalue weighted by atomic mass is 10.1. The molecule has 18 heavy (non-hydrogen) atoms. The Kier molecular flexibility index (Phi) is 5.30. The van der Waals surface area contributed by atoms with Gasteiger partial charge in [0.15, 0.2) is 0 Å². The van der Waals surface area contributed by atoms with Gasteiger partial charge in [0, 0.05) is 18.2 Å². The fraction of sp³-hybridized carbons (Fsp3) is 0.462. The van der Waals surface area contributed by atoms with Crippen LogP contribution in [0.5, 0.6) is 5.75 Å². The van der Waals surface area contributed by atoms with Crippen molar-refractivity contribution in [2.24, 2.45) is 10.9 Å². The fourth-order valence-corrected chi connectivity index (χ4v) is 1.74. The van der Waals surface area contributed by atoms with Crippen molar-refractivity contribution in [3.8, 4) is 5.75 Å². The summed E-state index contributed by atoms with van der Waals surface area (Å²) in [5, 5.41) is 15.0. The second-order valence-corrected chi connectivity index (χ2v) is 4.23. The molecule has 0 aromatic heterocycles. The number of nitrogens with zero attached hydrogens (tertiary/aromatic N) is 1. The van der Waals surface area contributed by atoms with Crippen LogP contribution in [0.2, 0.25) is 0 Å². The van der Waals surface area contributed by atoms with Crippen LogP contribution in [0.4, 0.5) is 5.69 Å². The van der Waals surface area contributed by atoms with Crippen molar-refractivity contribution in [3.63, 3.8) is 0 Å². The summed E-state index contributed by atoms with van der Waals surface area (Å²) >= 11 is 0. The summed E-state index contributed by atoms with van der Waals surface area (Å²) in [7, 11) is 1.65. The highest BCUT2D eigenvalue weighted by Crippen LogP contribution is 2.22. The summed E-state index contributed by atoms with van der Waals surface area (Å²) in [5.41, 5.74) is 7.67. The van der Waals surface area contributed by atoms with E-state index in [1.165, 1.54) is 0 Å². The van der Waals surface area contributed by atoms with Gasteiger partial charge in [0.05, 0.1) is 7.11 Å². The van der Waals surface area contributed by atoms with Crippen LogP contribution < -0.4 is 15.8 Å². The Labute approximate surface area is 108 Å². The molecule has 0 fully saturated rings. The number of rotatable bonds is 6. The molecule has 0 saturated heterocycles. The first-order valence-electron chi connectivity index (χ1n) is 5.98. The third-order valence-electron chi connectivity index (χ3n) is 2.87. The van der Waals surface area contributed by atoms with E-state index in [2.05, 4.69) is 17.4 Å². The molecule has 0 heterocycles. The Bertz CT molecular complexity index is 419. The van der Waals surface area contributed by atoms with E-state index in [-0.39, 0.29) is 11.9 Å². The van der Waals surface area contributed by atoms with Crippen LogP contribution in [0.15, 0.2) is 23.4 Å². The smallest absolute Gasteiger partial charge is 0.141 e. The van der Waals surface area contributed by atoms with Gasteiger partial charge in [0.2, 0.25) is 0 Å². The molecule has 1 aromatic carbocycles. The van der Waals surface area contributed by atoms with Crippen molar-refractivity contribution < 1.29 is 9.94 Å². The zero-order valence-electron chi connectivity index (χ0n) is 11.1. The van der Waals surface area contributed by atoms with Crippen molar-refractivity contribution in [1.29, 1.82) is 0 Å². The maximum absolute atomic E-state index is 8.59.